The van der Waals surface area contributed by atoms with Crippen LogP contribution in [0.1, 0.15) is 0 Å². The zero-order valence-corrected chi connectivity index (χ0v) is 7.82. The summed E-state index contributed by atoms with van der Waals surface area (Å²) < 4.78 is 4.92. The fraction of sp³-hybridized carbons (Fsp3) is 0. The molecule has 1 heterocycles. The molecule has 72 valence electrons. The molecular weight excluding hydrogens is 204 g/mol. The third kappa shape index (κ3) is 1.40. The van der Waals surface area contributed by atoms with Gasteiger partial charge < -0.3 is 15.4 Å². The number of anilines is 1. The van der Waals surface area contributed by atoms with Gasteiger partial charge >= 0.3 is 0 Å². The average molecular weight is 211 g/mol. The Kier molecular flexibility index (Phi) is 2.05. The Balaban J connectivity index is 2.55. The summed E-state index contributed by atoms with van der Waals surface area (Å²) in [5.74, 6) is 0.500. The van der Waals surface area contributed by atoms with Crippen LogP contribution in [-0.2, 0) is 0 Å². The summed E-state index contributed by atoms with van der Waals surface area (Å²) >= 11 is 5.63. The third-order valence-electron chi connectivity index (χ3n) is 1.79. The number of phenols is 1. The van der Waals surface area contributed by atoms with Crippen LogP contribution in [0.4, 0.5) is 5.69 Å². The Morgan fingerprint density at radius 2 is 2.21 bits per heavy atom. The van der Waals surface area contributed by atoms with E-state index < -0.39 is 0 Å². The Labute approximate surface area is 84.9 Å². The van der Waals surface area contributed by atoms with Crippen LogP contribution in [0.25, 0.3) is 11.3 Å². The van der Waals surface area contributed by atoms with Crippen LogP contribution < -0.4 is 5.73 Å². The van der Waals surface area contributed by atoms with Crippen LogP contribution in [0.15, 0.2) is 28.8 Å². The number of aromatic nitrogens is 1. The van der Waals surface area contributed by atoms with Gasteiger partial charge in [0.2, 0.25) is 0 Å². The van der Waals surface area contributed by atoms with E-state index in [1.165, 1.54) is 6.07 Å². The molecule has 3 N–H and O–H groups in total. The van der Waals surface area contributed by atoms with Crippen LogP contribution in [0.3, 0.4) is 0 Å². The first-order valence-corrected chi connectivity index (χ1v) is 4.26. The molecule has 0 aliphatic rings. The molecule has 0 saturated heterocycles. The minimum absolute atomic E-state index is 0.128. The molecule has 0 bridgehead atoms. The monoisotopic (exact) mass is 210 g/mol. The lowest BCUT2D eigenvalue weighted by molar-refractivity contribution is 0.432. The first-order chi connectivity index (χ1) is 6.68. The average Bonchev–Trinajstić information content (AvgIpc) is 2.48. The molecule has 0 aliphatic heterocycles. The van der Waals surface area contributed by atoms with E-state index in [2.05, 4.69) is 5.16 Å². The first-order valence-electron chi connectivity index (χ1n) is 3.88. The number of nitrogens with two attached hydrogens (primary N) is 1. The van der Waals surface area contributed by atoms with Crippen molar-refractivity contribution in [2.75, 3.05) is 5.73 Å². The SMILES string of the molecule is Nc1c(Cl)noc1-c1cccc(O)c1. The van der Waals surface area contributed by atoms with Gasteiger partial charge in [-0.2, -0.15) is 0 Å². The fourth-order valence-corrected chi connectivity index (χ4v) is 1.25. The van der Waals surface area contributed by atoms with Gasteiger partial charge in [-0.15, -0.1) is 0 Å². The van der Waals surface area contributed by atoms with E-state index >= 15 is 0 Å². The zero-order valence-electron chi connectivity index (χ0n) is 7.07. The standard InChI is InChI=1S/C9H7ClN2O2/c10-9-7(11)8(14-12-9)5-2-1-3-6(13)4-5/h1-4,13H,11H2. The molecule has 0 radical (unpaired) electrons. The van der Waals surface area contributed by atoms with Gasteiger partial charge in [0.05, 0.1) is 0 Å². The van der Waals surface area contributed by atoms with Crippen LogP contribution in [0.5, 0.6) is 5.75 Å². The van der Waals surface area contributed by atoms with Crippen molar-refractivity contribution in [1.29, 1.82) is 0 Å². The van der Waals surface area contributed by atoms with Crippen molar-refractivity contribution in [1.82, 2.24) is 5.16 Å². The van der Waals surface area contributed by atoms with Gasteiger partial charge in [0, 0.05) is 5.56 Å². The summed E-state index contributed by atoms with van der Waals surface area (Å²) in [7, 11) is 0. The number of aromatic hydroxyl groups is 1. The van der Waals surface area contributed by atoms with Crippen molar-refractivity contribution in [3.8, 4) is 17.1 Å². The minimum atomic E-state index is 0.128. The van der Waals surface area contributed by atoms with Crippen molar-refractivity contribution in [2.45, 2.75) is 0 Å². The minimum Gasteiger partial charge on any atom is -0.508 e. The Hall–Kier alpha value is -1.68. The van der Waals surface area contributed by atoms with E-state index in [0.29, 0.717) is 11.3 Å². The predicted octanol–water partition coefficient (Wildman–Crippen LogP) is 2.28. The number of nitrogens with zero attached hydrogens (tertiary/aromatic N) is 1. The van der Waals surface area contributed by atoms with E-state index in [0.717, 1.165) is 0 Å². The molecule has 0 saturated carbocycles. The normalized spacial score (nSPS) is 10.4. The molecular formula is C9H7ClN2O2. The maximum atomic E-state index is 9.24. The molecule has 2 aromatic rings. The van der Waals surface area contributed by atoms with Gasteiger partial charge in [-0.3, -0.25) is 0 Å². The van der Waals surface area contributed by atoms with Gasteiger partial charge in [-0.05, 0) is 12.1 Å². The summed E-state index contributed by atoms with van der Waals surface area (Å²) in [6.45, 7) is 0. The molecule has 0 aliphatic carbocycles. The van der Waals surface area contributed by atoms with Gasteiger partial charge in [0.25, 0.3) is 0 Å². The highest BCUT2D eigenvalue weighted by Crippen LogP contribution is 2.32. The molecule has 0 atom stereocenters. The van der Waals surface area contributed by atoms with E-state index in [1.54, 1.807) is 18.2 Å². The number of hydrogen-bond acceptors (Lipinski definition) is 4. The quantitative estimate of drug-likeness (QED) is 0.758. The first kappa shape index (κ1) is 8.90. The summed E-state index contributed by atoms with van der Waals surface area (Å²) in [6.07, 6.45) is 0. The van der Waals surface area contributed by atoms with Crippen LogP contribution in [0.2, 0.25) is 5.15 Å². The van der Waals surface area contributed by atoms with E-state index in [9.17, 15) is 5.11 Å². The molecule has 4 nitrogen and oxygen atoms in total. The second kappa shape index (κ2) is 3.23. The molecule has 14 heavy (non-hydrogen) atoms. The topological polar surface area (TPSA) is 72.3 Å². The second-order valence-electron chi connectivity index (χ2n) is 2.77. The highest BCUT2D eigenvalue weighted by molar-refractivity contribution is 6.32. The van der Waals surface area contributed by atoms with Crippen molar-refractivity contribution in [3.63, 3.8) is 0 Å². The Bertz CT molecular complexity index is 468. The smallest absolute Gasteiger partial charge is 0.195 e. The van der Waals surface area contributed by atoms with Crippen molar-refractivity contribution in [3.05, 3.63) is 29.4 Å². The van der Waals surface area contributed by atoms with Crippen LogP contribution in [0, 0.1) is 0 Å². The van der Waals surface area contributed by atoms with Gasteiger partial charge in [-0.25, -0.2) is 0 Å². The van der Waals surface area contributed by atoms with E-state index in [-0.39, 0.29) is 16.6 Å². The summed E-state index contributed by atoms with van der Waals surface area (Å²) in [4.78, 5) is 0. The van der Waals surface area contributed by atoms with Crippen LogP contribution >= 0.6 is 11.6 Å². The molecule has 1 aromatic carbocycles. The number of rotatable bonds is 1. The van der Waals surface area contributed by atoms with Crippen molar-refractivity contribution < 1.29 is 9.63 Å². The maximum Gasteiger partial charge on any atom is 0.195 e. The lowest BCUT2D eigenvalue weighted by atomic mass is 10.1. The predicted molar refractivity (Wildman–Crippen MR) is 53.0 cm³/mol. The molecule has 0 amide bonds. The molecule has 0 fully saturated rings. The summed E-state index contributed by atoms with van der Waals surface area (Å²) in [5, 5.41) is 12.9. The lowest BCUT2D eigenvalue weighted by Gasteiger charge is -1.97. The van der Waals surface area contributed by atoms with Crippen molar-refractivity contribution in [2.24, 2.45) is 0 Å². The Morgan fingerprint density at radius 1 is 1.43 bits per heavy atom. The number of phenolic OH excluding ortho intramolecular Hbond substituents is 1. The molecule has 2 rings (SSSR count). The van der Waals surface area contributed by atoms with Gasteiger partial charge in [0.15, 0.2) is 10.9 Å². The summed E-state index contributed by atoms with van der Waals surface area (Å²) in [5.41, 5.74) is 6.53. The lowest BCUT2D eigenvalue weighted by Crippen LogP contribution is -1.85. The van der Waals surface area contributed by atoms with E-state index in [4.69, 9.17) is 21.9 Å². The molecule has 0 spiro atoms. The number of benzene rings is 1. The molecule has 1 aromatic heterocycles. The molecule has 0 unspecified atom stereocenters. The molecule has 5 heteroatoms. The zero-order chi connectivity index (χ0) is 10.1. The largest absolute Gasteiger partial charge is 0.508 e. The fourth-order valence-electron chi connectivity index (χ4n) is 1.13. The summed E-state index contributed by atoms with van der Waals surface area (Å²) in [6, 6.07) is 6.50. The van der Waals surface area contributed by atoms with Crippen LogP contribution in [-0.4, -0.2) is 10.3 Å². The number of nitrogen functional groups attached to an aromatic ring is 1. The second-order valence-corrected chi connectivity index (χ2v) is 3.12. The van der Waals surface area contributed by atoms with Gasteiger partial charge in [-0.1, -0.05) is 28.9 Å². The number of hydrogen-bond donors (Lipinski definition) is 2. The van der Waals surface area contributed by atoms with E-state index in [1.807, 2.05) is 0 Å². The van der Waals surface area contributed by atoms with Crippen molar-refractivity contribution >= 4 is 17.3 Å². The van der Waals surface area contributed by atoms with Gasteiger partial charge in [0.1, 0.15) is 11.4 Å². The number of halogens is 1. The highest BCUT2D eigenvalue weighted by atomic mass is 35.5. The maximum absolute atomic E-state index is 9.24. The highest BCUT2D eigenvalue weighted by Gasteiger charge is 2.12. The Morgan fingerprint density at radius 3 is 2.79 bits per heavy atom. The third-order valence-corrected chi connectivity index (χ3v) is 2.06.